The molecule has 0 amide bonds. The first-order valence-corrected chi connectivity index (χ1v) is 9.79. The normalized spacial score (nSPS) is 19.5. The first kappa shape index (κ1) is 17.6. The monoisotopic (exact) mass is 377 g/mol. The predicted molar refractivity (Wildman–Crippen MR) is 108 cm³/mol. The lowest BCUT2D eigenvalue weighted by atomic mass is 9.85. The second kappa shape index (κ2) is 7.45. The average Bonchev–Trinajstić information content (AvgIpc) is 3.14. The maximum Gasteiger partial charge on any atom is 0.425 e. The molecule has 2 heterocycles. The summed E-state index contributed by atoms with van der Waals surface area (Å²) in [6.45, 7) is 2.04. The van der Waals surface area contributed by atoms with Crippen LogP contribution < -0.4 is 5.76 Å². The first-order valence-electron chi connectivity index (χ1n) is 8.80. The molecule has 0 fully saturated rings. The van der Waals surface area contributed by atoms with Crippen molar-refractivity contribution in [2.75, 3.05) is 5.75 Å². The van der Waals surface area contributed by atoms with Gasteiger partial charge in [0.15, 0.2) is 0 Å². The fraction of sp³-hybridized carbons (Fsp3) is 0.182. The van der Waals surface area contributed by atoms with Crippen LogP contribution in [0.15, 0.2) is 82.3 Å². The Hall–Kier alpha value is -2.79. The van der Waals surface area contributed by atoms with Crippen molar-refractivity contribution in [2.24, 2.45) is 5.92 Å². The molecular formula is C22H19NO3S. The third kappa shape index (κ3) is 3.55. The van der Waals surface area contributed by atoms with Gasteiger partial charge in [-0.15, -0.1) is 11.8 Å². The van der Waals surface area contributed by atoms with Crippen LogP contribution in [0.4, 0.5) is 0 Å². The Labute approximate surface area is 161 Å². The SMILES string of the molecule is Cc1ccc([C@H]2C=C(c3ccccc3)SC[C@H]2C(=O)n2ccoc2=O)cc1. The van der Waals surface area contributed by atoms with Crippen molar-refractivity contribution in [1.82, 2.24) is 4.57 Å². The van der Waals surface area contributed by atoms with Crippen LogP contribution in [0.5, 0.6) is 0 Å². The molecule has 0 saturated carbocycles. The van der Waals surface area contributed by atoms with Crippen molar-refractivity contribution in [3.05, 3.63) is 100 Å². The van der Waals surface area contributed by atoms with Gasteiger partial charge < -0.3 is 4.42 Å². The molecule has 5 heteroatoms. The van der Waals surface area contributed by atoms with Crippen LogP contribution in [0.3, 0.4) is 0 Å². The van der Waals surface area contributed by atoms with Gasteiger partial charge in [-0.25, -0.2) is 9.36 Å². The van der Waals surface area contributed by atoms with Gasteiger partial charge in [-0.3, -0.25) is 4.79 Å². The Morgan fingerprint density at radius 3 is 2.52 bits per heavy atom. The van der Waals surface area contributed by atoms with E-state index in [1.807, 2.05) is 25.1 Å². The van der Waals surface area contributed by atoms with Gasteiger partial charge in [-0.1, -0.05) is 66.2 Å². The van der Waals surface area contributed by atoms with E-state index in [4.69, 9.17) is 4.42 Å². The van der Waals surface area contributed by atoms with Crippen LogP contribution >= 0.6 is 11.8 Å². The lowest BCUT2D eigenvalue weighted by molar-refractivity contribution is 0.0829. The number of nitrogens with zero attached hydrogens (tertiary/aromatic N) is 1. The number of thioether (sulfide) groups is 1. The molecule has 0 spiro atoms. The third-order valence-electron chi connectivity index (χ3n) is 4.83. The van der Waals surface area contributed by atoms with Crippen molar-refractivity contribution in [1.29, 1.82) is 0 Å². The summed E-state index contributed by atoms with van der Waals surface area (Å²) in [5, 5.41) is 0. The molecule has 3 aromatic rings. The third-order valence-corrected chi connectivity index (χ3v) is 6.04. The summed E-state index contributed by atoms with van der Waals surface area (Å²) in [7, 11) is 0. The maximum absolute atomic E-state index is 13.0. The Balaban J connectivity index is 1.76. The number of hydrogen-bond acceptors (Lipinski definition) is 4. The molecular weight excluding hydrogens is 358 g/mol. The number of hydrogen-bond donors (Lipinski definition) is 0. The summed E-state index contributed by atoms with van der Waals surface area (Å²) in [6, 6.07) is 18.4. The van der Waals surface area contributed by atoms with Crippen LogP contribution in [0, 0.1) is 12.8 Å². The van der Waals surface area contributed by atoms with E-state index < -0.39 is 5.76 Å². The molecule has 2 atom stereocenters. The molecule has 136 valence electrons. The molecule has 1 aliphatic heterocycles. The van der Waals surface area contributed by atoms with Gasteiger partial charge in [0.2, 0.25) is 5.91 Å². The van der Waals surface area contributed by atoms with E-state index in [1.54, 1.807) is 11.8 Å². The van der Waals surface area contributed by atoms with Gasteiger partial charge in [-0.2, -0.15) is 0 Å². The van der Waals surface area contributed by atoms with Gasteiger partial charge in [0.1, 0.15) is 6.26 Å². The summed E-state index contributed by atoms with van der Waals surface area (Å²) in [5.74, 6) is -0.687. The van der Waals surface area contributed by atoms with Gasteiger partial charge >= 0.3 is 5.76 Å². The molecule has 0 radical (unpaired) electrons. The van der Waals surface area contributed by atoms with Gasteiger partial charge in [0.05, 0.1) is 12.1 Å². The quantitative estimate of drug-likeness (QED) is 0.670. The van der Waals surface area contributed by atoms with Crippen LogP contribution in [0.25, 0.3) is 4.91 Å². The molecule has 4 nitrogen and oxygen atoms in total. The standard InChI is InChI=1S/C22H19NO3S/c1-15-7-9-16(10-8-15)18-13-20(17-5-3-2-4-6-17)27-14-19(18)21(24)23-11-12-26-22(23)25/h2-13,18-19H,14H2,1H3/t18-,19-/m1/s1. The number of allylic oxidation sites excluding steroid dienone is 1. The summed E-state index contributed by atoms with van der Waals surface area (Å²) in [6.07, 6.45) is 4.81. The van der Waals surface area contributed by atoms with Crippen LogP contribution in [0.1, 0.15) is 27.4 Å². The van der Waals surface area contributed by atoms with Crippen molar-refractivity contribution in [3.63, 3.8) is 0 Å². The molecule has 0 bridgehead atoms. The molecule has 2 aromatic carbocycles. The topological polar surface area (TPSA) is 52.2 Å². The molecule has 1 aliphatic rings. The zero-order valence-electron chi connectivity index (χ0n) is 14.9. The zero-order chi connectivity index (χ0) is 18.8. The fourth-order valence-electron chi connectivity index (χ4n) is 3.34. The molecule has 0 N–H and O–H groups in total. The number of aryl methyl sites for hydroxylation is 1. The Morgan fingerprint density at radius 2 is 1.85 bits per heavy atom. The minimum Gasteiger partial charge on any atom is -0.416 e. The van der Waals surface area contributed by atoms with E-state index in [-0.39, 0.29) is 17.7 Å². The van der Waals surface area contributed by atoms with E-state index in [0.29, 0.717) is 5.75 Å². The van der Waals surface area contributed by atoms with E-state index in [1.165, 1.54) is 18.0 Å². The maximum atomic E-state index is 13.0. The highest BCUT2D eigenvalue weighted by Gasteiger charge is 2.34. The number of benzene rings is 2. The van der Waals surface area contributed by atoms with Gasteiger partial charge in [0, 0.05) is 16.6 Å². The number of oxazole rings is 1. The number of aromatic nitrogens is 1. The summed E-state index contributed by atoms with van der Waals surface area (Å²) >= 11 is 1.65. The first-order chi connectivity index (χ1) is 13.1. The molecule has 0 unspecified atom stereocenters. The predicted octanol–water partition coefficient (Wildman–Crippen LogP) is 4.58. The fourth-order valence-corrected chi connectivity index (χ4v) is 4.60. The van der Waals surface area contributed by atoms with Crippen LogP contribution in [-0.4, -0.2) is 16.2 Å². The average molecular weight is 377 g/mol. The minimum atomic E-state index is -0.634. The summed E-state index contributed by atoms with van der Waals surface area (Å²) in [4.78, 5) is 26.0. The number of carbonyl (C=O) groups is 1. The largest absolute Gasteiger partial charge is 0.425 e. The smallest absolute Gasteiger partial charge is 0.416 e. The van der Waals surface area contributed by atoms with Gasteiger partial charge in [-0.05, 0) is 18.1 Å². The molecule has 0 saturated heterocycles. The molecule has 1 aromatic heterocycles. The van der Waals surface area contributed by atoms with E-state index in [2.05, 4.69) is 42.5 Å². The number of rotatable bonds is 3. The number of carbonyl (C=O) groups excluding carboxylic acids is 1. The lowest BCUT2D eigenvalue weighted by Crippen LogP contribution is -2.34. The second-order valence-electron chi connectivity index (χ2n) is 6.63. The van der Waals surface area contributed by atoms with E-state index >= 15 is 0 Å². The highest BCUT2D eigenvalue weighted by Crippen LogP contribution is 2.43. The second-order valence-corrected chi connectivity index (χ2v) is 7.69. The van der Waals surface area contributed by atoms with Crippen molar-refractivity contribution in [3.8, 4) is 0 Å². The lowest BCUT2D eigenvalue weighted by Gasteiger charge is -2.29. The van der Waals surface area contributed by atoms with Gasteiger partial charge in [0.25, 0.3) is 0 Å². The van der Waals surface area contributed by atoms with Crippen LogP contribution in [0.2, 0.25) is 0 Å². The molecule has 27 heavy (non-hydrogen) atoms. The summed E-state index contributed by atoms with van der Waals surface area (Å²) < 4.78 is 5.87. The minimum absolute atomic E-state index is 0.101. The van der Waals surface area contributed by atoms with Crippen LogP contribution in [-0.2, 0) is 0 Å². The van der Waals surface area contributed by atoms with Crippen molar-refractivity contribution < 1.29 is 9.21 Å². The van der Waals surface area contributed by atoms with E-state index in [0.717, 1.165) is 20.6 Å². The Bertz CT molecular complexity index is 1030. The highest BCUT2D eigenvalue weighted by molar-refractivity contribution is 8.08. The summed E-state index contributed by atoms with van der Waals surface area (Å²) in [5.41, 5.74) is 3.39. The molecule has 0 aliphatic carbocycles. The zero-order valence-corrected chi connectivity index (χ0v) is 15.7. The van der Waals surface area contributed by atoms with Crippen molar-refractivity contribution in [2.45, 2.75) is 12.8 Å². The highest BCUT2D eigenvalue weighted by atomic mass is 32.2. The van der Waals surface area contributed by atoms with Crippen molar-refractivity contribution >= 4 is 22.6 Å². The van der Waals surface area contributed by atoms with E-state index in [9.17, 15) is 9.59 Å². The Kier molecular flexibility index (Phi) is 4.86. The molecule has 4 rings (SSSR count). The Morgan fingerprint density at radius 1 is 1.11 bits per heavy atom.